The molecule has 228 valence electrons. The van der Waals surface area contributed by atoms with Crippen LogP contribution in [0.3, 0.4) is 0 Å². The molecule has 2 unspecified atom stereocenters. The lowest BCUT2D eigenvalue weighted by molar-refractivity contribution is -0.192. The van der Waals surface area contributed by atoms with Crippen LogP contribution in [0.1, 0.15) is 62.1 Å². The fourth-order valence-corrected chi connectivity index (χ4v) is 5.94. The van der Waals surface area contributed by atoms with Gasteiger partial charge in [0.25, 0.3) is 5.56 Å². The number of halogens is 4. The monoisotopic (exact) mass is 589 g/mol. The number of alkyl halides is 3. The topological polar surface area (TPSA) is 74.6 Å². The van der Waals surface area contributed by atoms with Gasteiger partial charge < -0.3 is 19.9 Å². The SMILES string of the molecule is CC(CNC1CCN(CC2Cn3c(=O)ccc4ccc(F)c2c43)CC1)Cc1ccc(C(C)C)cc1.O=C(O)C(F)(F)F. The van der Waals surface area contributed by atoms with Gasteiger partial charge in [-0.25, -0.2) is 9.18 Å². The van der Waals surface area contributed by atoms with Gasteiger partial charge in [0.2, 0.25) is 0 Å². The quantitative estimate of drug-likeness (QED) is 0.319. The van der Waals surface area contributed by atoms with Crippen LogP contribution in [0, 0.1) is 11.7 Å². The Labute approximate surface area is 243 Å². The molecule has 2 aliphatic heterocycles. The summed E-state index contributed by atoms with van der Waals surface area (Å²) >= 11 is 0. The average Bonchev–Trinajstić information content (AvgIpc) is 3.33. The molecule has 3 aromatic rings. The standard InChI is InChI=1S/C30H38FN3O.C2HF3O2/c1-20(2)23-6-4-22(5-7-23)16-21(3)17-32-26-12-14-33(15-13-26)18-25-19-34-28(35)11-9-24-8-10-27(31)29(25)30(24)34;3-2(4,5)1(6)7/h4-11,20-21,25-26,32H,12-19H2,1-3H3;(H,6,7). The molecule has 0 aliphatic carbocycles. The van der Waals surface area contributed by atoms with Crippen LogP contribution >= 0.6 is 0 Å². The van der Waals surface area contributed by atoms with Gasteiger partial charge in [-0.3, -0.25) is 4.79 Å². The highest BCUT2D eigenvalue weighted by atomic mass is 19.4. The van der Waals surface area contributed by atoms with Crippen LogP contribution in [-0.2, 0) is 17.8 Å². The van der Waals surface area contributed by atoms with Gasteiger partial charge in [0, 0.05) is 36.7 Å². The summed E-state index contributed by atoms with van der Waals surface area (Å²) in [7, 11) is 0. The molecule has 2 aromatic carbocycles. The van der Waals surface area contributed by atoms with Crippen LogP contribution in [0.2, 0.25) is 0 Å². The van der Waals surface area contributed by atoms with E-state index in [1.807, 2.05) is 6.07 Å². The maximum atomic E-state index is 14.8. The lowest BCUT2D eigenvalue weighted by atomic mass is 9.95. The molecule has 0 radical (unpaired) electrons. The molecule has 2 atom stereocenters. The van der Waals surface area contributed by atoms with Gasteiger partial charge in [-0.15, -0.1) is 0 Å². The second-order valence-corrected chi connectivity index (χ2v) is 11.9. The normalized spacial score (nSPS) is 18.2. The minimum atomic E-state index is -5.08. The molecular weight excluding hydrogens is 550 g/mol. The molecule has 0 spiro atoms. The summed E-state index contributed by atoms with van der Waals surface area (Å²) in [6.07, 6.45) is -1.76. The summed E-state index contributed by atoms with van der Waals surface area (Å²) in [6.45, 7) is 11.3. The van der Waals surface area contributed by atoms with Crippen molar-refractivity contribution in [2.45, 2.75) is 70.6 Å². The maximum absolute atomic E-state index is 14.8. The number of nitrogens with zero attached hydrogens (tertiary/aromatic N) is 2. The highest BCUT2D eigenvalue weighted by Gasteiger charge is 2.38. The Balaban J connectivity index is 0.000000517. The van der Waals surface area contributed by atoms with E-state index < -0.39 is 12.1 Å². The van der Waals surface area contributed by atoms with E-state index >= 15 is 0 Å². The number of hydrogen-bond donors (Lipinski definition) is 2. The molecule has 0 bridgehead atoms. The van der Waals surface area contributed by atoms with Crippen molar-refractivity contribution >= 4 is 16.9 Å². The van der Waals surface area contributed by atoms with Gasteiger partial charge in [-0.05, 0) is 85.4 Å². The van der Waals surface area contributed by atoms with Crippen molar-refractivity contribution in [3.63, 3.8) is 0 Å². The number of nitrogens with one attached hydrogen (secondary N) is 1. The fourth-order valence-electron chi connectivity index (χ4n) is 5.94. The Morgan fingerprint density at radius 2 is 1.64 bits per heavy atom. The molecule has 0 saturated carbocycles. The number of piperidine rings is 1. The molecular formula is C32H39F4N3O3. The molecule has 0 amide bonds. The van der Waals surface area contributed by atoms with E-state index in [2.05, 4.69) is 55.3 Å². The number of pyridine rings is 1. The predicted molar refractivity (Wildman–Crippen MR) is 155 cm³/mol. The van der Waals surface area contributed by atoms with E-state index in [1.54, 1.807) is 22.8 Å². The predicted octanol–water partition coefficient (Wildman–Crippen LogP) is 5.93. The molecule has 1 aromatic heterocycles. The zero-order valence-corrected chi connectivity index (χ0v) is 24.3. The Bertz CT molecular complexity index is 1430. The third-order valence-electron chi connectivity index (χ3n) is 8.24. The largest absolute Gasteiger partial charge is 0.490 e. The maximum Gasteiger partial charge on any atom is 0.490 e. The molecule has 1 fully saturated rings. The van der Waals surface area contributed by atoms with Crippen LogP contribution in [0.15, 0.2) is 53.3 Å². The highest BCUT2D eigenvalue weighted by molar-refractivity contribution is 5.84. The van der Waals surface area contributed by atoms with Crippen molar-refractivity contribution in [1.82, 2.24) is 14.8 Å². The second-order valence-electron chi connectivity index (χ2n) is 11.9. The second kappa shape index (κ2) is 13.4. The van der Waals surface area contributed by atoms with Crippen molar-refractivity contribution in [3.05, 3.63) is 81.4 Å². The summed E-state index contributed by atoms with van der Waals surface area (Å²) in [5.41, 5.74) is 4.32. The number of likely N-dealkylation sites (tertiary alicyclic amines) is 1. The smallest absolute Gasteiger partial charge is 0.475 e. The van der Waals surface area contributed by atoms with E-state index in [4.69, 9.17) is 9.90 Å². The number of benzene rings is 2. The third-order valence-corrected chi connectivity index (χ3v) is 8.24. The minimum absolute atomic E-state index is 0.0280. The number of hydrogen-bond acceptors (Lipinski definition) is 4. The van der Waals surface area contributed by atoms with Crippen LogP contribution < -0.4 is 10.9 Å². The van der Waals surface area contributed by atoms with Gasteiger partial charge >= 0.3 is 12.1 Å². The Hall–Kier alpha value is -3.24. The van der Waals surface area contributed by atoms with Crippen LogP contribution in [0.4, 0.5) is 17.6 Å². The average molecular weight is 590 g/mol. The number of aliphatic carboxylic acids is 1. The van der Waals surface area contributed by atoms with Crippen molar-refractivity contribution < 1.29 is 27.5 Å². The van der Waals surface area contributed by atoms with Crippen LogP contribution in [-0.4, -0.2) is 58.9 Å². The third kappa shape index (κ3) is 7.77. The Morgan fingerprint density at radius 3 is 2.24 bits per heavy atom. The highest BCUT2D eigenvalue weighted by Crippen LogP contribution is 2.35. The van der Waals surface area contributed by atoms with Crippen LogP contribution in [0.25, 0.3) is 10.9 Å². The molecule has 2 aliphatic rings. The Morgan fingerprint density at radius 1 is 1.02 bits per heavy atom. The lowest BCUT2D eigenvalue weighted by Gasteiger charge is -2.34. The summed E-state index contributed by atoms with van der Waals surface area (Å²) in [5.74, 6) is -1.72. The molecule has 6 nitrogen and oxygen atoms in total. The Kier molecular flexibility index (Phi) is 10.1. The molecule has 42 heavy (non-hydrogen) atoms. The van der Waals surface area contributed by atoms with Crippen molar-refractivity contribution in [1.29, 1.82) is 0 Å². The van der Waals surface area contributed by atoms with E-state index in [1.165, 1.54) is 11.1 Å². The molecule has 10 heteroatoms. The fraction of sp³-hybridized carbons (Fsp3) is 0.500. The summed E-state index contributed by atoms with van der Waals surface area (Å²) in [4.78, 5) is 23.7. The molecule has 5 rings (SSSR count). The van der Waals surface area contributed by atoms with Crippen molar-refractivity contribution in [2.75, 3.05) is 26.2 Å². The molecule has 1 saturated heterocycles. The minimum Gasteiger partial charge on any atom is -0.475 e. The molecule has 3 heterocycles. The summed E-state index contributed by atoms with van der Waals surface area (Å²) < 4.78 is 48.3. The van der Waals surface area contributed by atoms with Crippen LogP contribution in [0.5, 0.6) is 0 Å². The van der Waals surface area contributed by atoms with Gasteiger partial charge in [0.05, 0.1) is 5.52 Å². The van der Waals surface area contributed by atoms with Gasteiger partial charge in [-0.2, -0.15) is 13.2 Å². The lowest BCUT2D eigenvalue weighted by Crippen LogP contribution is -2.45. The van der Waals surface area contributed by atoms with Crippen molar-refractivity contribution in [2.24, 2.45) is 5.92 Å². The van der Waals surface area contributed by atoms with Crippen molar-refractivity contribution in [3.8, 4) is 0 Å². The van der Waals surface area contributed by atoms with E-state index in [0.717, 1.165) is 61.9 Å². The first-order valence-electron chi connectivity index (χ1n) is 14.5. The number of carboxylic acids is 1. The first-order chi connectivity index (χ1) is 19.8. The van der Waals surface area contributed by atoms with Gasteiger partial charge in [-0.1, -0.05) is 45.0 Å². The van der Waals surface area contributed by atoms with Gasteiger partial charge in [0.1, 0.15) is 5.82 Å². The first kappa shape index (κ1) is 31.7. The first-order valence-corrected chi connectivity index (χ1v) is 14.5. The number of carboxylic acid groups (broad SMARTS) is 1. The molecule has 2 N–H and O–H groups in total. The summed E-state index contributed by atoms with van der Waals surface area (Å²) in [5, 5.41) is 11.9. The number of carbonyl (C=O) groups is 1. The van der Waals surface area contributed by atoms with Gasteiger partial charge in [0.15, 0.2) is 0 Å². The van der Waals surface area contributed by atoms with E-state index in [-0.39, 0.29) is 17.3 Å². The number of aromatic nitrogens is 1. The van der Waals surface area contributed by atoms with E-state index in [9.17, 15) is 22.4 Å². The zero-order chi connectivity index (χ0) is 30.6. The van der Waals surface area contributed by atoms with E-state index in [0.29, 0.717) is 24.4 Å². The summed E-state index contributed by atoms with van der Waals surface area (Å²) in [6, 6.07) is 16.4. The zero-order valence-electron chi connectivity index (χ0n) is 24.3. The number of rotatable bonds is 8.